The molecule has 97 heavy (non-hydrogen) atoms. The first-order valence-electron chi connectivity index (χ1n) is 37.0. The summed E-state index contributed by atoms with van der Waals surface area (Å²) in [7, 11) is 0. The number of pyridine rings is 4. The van der Waals surface area contributed by atoms with Crippen LogP contribution in [0.1, 0.15) is 257 Å². The molecule has 8 atom stereocenters. The maximum absolute atomic E-state index is 12.5. The SMILES string of the molecule is CCCOC(=O)c1cnc2[nH]ccc2c1N[C@H]1CCC[C@@H](CCC)C1.CCC[C@@H]1CCC[C@@H](Nc2c(C(=O)OCC)cnc3[nH]ccc23)C1.CCC[C@H]1CCC[C@@H](Nc2c(C(=O)OCC)cnc3[nH]ccc23)C1.CCC[C@H]1CCC[C@H](Nc2c(C(=O)OCC)cnc3[nH]ccc23)C1. The van der Waals surface area contributed by atoms with Crippen molar-refractivity contribution in [2.75, 3.05) is 47.7 Å². The minimum atomic E-state index is -0.309. The van der Waals surface area contributed by atoms with Crippen molar-refractivity contribution in [3.05, 3.63) is 96.1 Å². The molecule has 8 aromatic rings. The van der Waals surface area contributed by atoms with Crippen LogP contribution in [0.15, 0.2) is 73.8 Å². The van der Waals surface area contributed by atoms with Gasteiger partial charge in [-0.1, -0.05) is 137 Å². The zero-order chi connectivity index (χ0) is 68.5. The normalized spacial score (nSPS) is 20.8. The van der Waals surface area contributed by atoms with Crippen LogP contribution in [-0.4, -0.2) is 114 Å². The van der Waals surface area contributed by atoms with Crippen LogP contribution in [0, 0.1) is 23.7 Å². The largest absolute Gasteiger partial charge is 0.462 e. The average molecular weight is 1330 g/mol. The smallest absolute Gasteiger partial charge is 0.341 e. The summed E-state index contributed by atoms with van der Waals surface area (Å²) in [6.07, 6.45) is 44.4. The second-order valence-corrected chi connectivity index (χ2v) is 27.1. The third-order valence-corrected chi connectivity index (χ3v) is 19.8. The Morgan fingerprint density at radius 3 is 0.835 bits per heavy atom. The number of anilines is 4. The fourth-order valence-electron chi connectivity index (χ4n) is 15.4. The van der Waals surface area contributed by atoms with Gasteiger partial charge >= 0.3 is 23.9 Å². The minimum Gasteiger partial charge on any atom is -0.462 e. The molecule has 20 heteroatoms. The second-order valence-electron chi connectivity index (χ2n) is 27.1. The van der Waals surface area contributed by atoms with Crippen LogP contribution in [0.4, 0.5) is 22.7 Å². The lowest BCUT2D eigenvalue weighted by atomic mass is 9.83. The average Bonchev–Trinajstić information content (AvgIpc) is 1.78. The van der Waals surface area contributed by atoms with Crippen LogP contribution >= 0.6 is 0 Å². The summed E-state index contributed by atoms with van der Waals surface area (Å²) < 4.78 is 21.0. The number of carbonyl (C=O) groups excluding carboxylic acids is 4. The highest BCUT2D eigenvalue weighted by molar-refractivity contribution is 6.07. The first kappa shape index (κ1) is 73.1. The Bertz CT molecular complexity index is 3470. The molecule has 0 spiro atoms. The lowest BCUT2D eigenvalue weighted by molar-refractivity contribution is 0.0500. The molecule has 4 saturated carbocycles. The Balaban J connectivity index is 0.000000152. The lowest BCUT2D eigenvalue weighted by Crippen LogP contribution is -2.28. The van der Waals surface area contributed by atoms with Crippen molar-refractivity contribution in [1.29, 1.82) is 0 Å². The fourth-order valence-corrected chi connectivity index (χ4v) is 15.4. The molecule has 8 heterocycles. The van der Waals surface area contributed by atoms with Crippen LogP contribution in [-0.2, 0) is 18.9 Å². The number of fused-ring (bicyclic) bond motifs is 4. The Morgan fingerprint density at radius 1 is 0.361 bits per heavy atom. The van der Waals surface area contributed by atoms with E-state index in [9.17, 15) is 19.2 Å². The van der Waals surface area contributed by atoms with Gasteiger partial charge in [0.15, 0.2) is 0 Å². The van der Waals surface area contributed by atoms with Crippen LogP contribution in [0.2, 0.25) is 0 Å². The number of aromatic amines is 4. The molecule has 4 aliphatic rings. The number of hydrogen-bond donors (Lipinski definition) is 8. The predicted molar refractivity (Wildman–Crippen MR) is 390 cm³/mol. The van der Waals surface area contributed by atoms with E-state index in [-0.39, 0.29) is 23.9 Å². The summed E-state index contributed by atoms with van der Waals surface area (Å²) in [6, 6.07) is 9.52. The quantitative estimate of drug-likeness (QED) is 0.0195. The molecule has 4 aliphatic carbocycles. The third-order valence-electron chi connectivity index (χ3n) is 19.8. The maximum Gasteiger partial charge on any atom is 0.341 e. The van der Waals surface area contributed by atoms with Crippen molar-refractivity contribution in [2.24, 2.45) is 23.7 Å². The Morgan fingerprint density at radius 2 is 0.608 bits per heavy atom. The third kappa shape index (κ3) is 19.8. The summed E-state index contributed by atoms with van der Waals surface area (Å²) in [6.45, 7) is 18.0. The molecule has 12 rings (SSSR count). The van der Waals surface area contributed by atoms with E-state index in [2.05, 4.69) is 88.8 Å². The molecule has 0 aliphatic heterocycles. The number of rotatable bonds is 25. The molecule has 0 amide bonds. The summed E-state index contributed by atoms with van der Waals surface area (Å²) in [5, 5.41) is 18.4. The molecule has 0 bridgehead atoms. The van der Waals surface area contributed by atoms with Crippen LogP contribution in [0.25, 0.3) is 44.1 Å². The fraction of sp³-hybridized carbons (Fsp3) is 0.584. The van der Waals surface area contributed by atoms with Gasteiger partial charge in [0.05, 0.1) is 49.2 Å². The molecule has 0 saturated heterocycles. The Labute approximate surface area is 573 Å². The van der Waals surface area contributed by atoms with Gasteiger partial charge in [0.25, 0.3) is 0 Å². The zero-order valence-corrected chi connectivity index (χ0v) is 59.1. The lowest BCUT2D eigenvalue weighted by Gasteiger charge is -2.31. The van der Waals surface area contributed by atoms with E-state index in [0.717, 1.165) is 123 Å². The Hall–Kier alpha value is -8.16. The van der Waals surface area contributed by atoms with Crippen molar-refractivity contribution >= 4 is 90.8 Å². The molecule has 20 nitrogen and oxygen atoms in total. The van der Waals surface area contributed by atoms with Gasteiger partial charge in [0, 0.05) is 95.3 Å². The molecule has 8 aromatic heterocycles. The van der Waals surface area contributed by atoms with Gasteiger partial charge in [-0.2, -0.15) is 0 Å². The molecule has 0 unspecified atom stereocenters. The number of nitrogens with one attached hydrogen (secondary N) is 8. The first-order chi connectivity index (χ1) is 47.4. The van der Waals surface area contributed by atoms with E-state index in [1.807, 2.05) is 76.7 Å². The molecular weight excluding hydrogens is 1220 g/mol. The molecule has 0 radical (unpaired) electrons. The van der Waals surface area contributed by atoms with E-state index in [0.29, 0.717) is 72.8 Å². The molecular formula is C77H110N12O8. The summed E-state index contributed by atoms with van der Waals surface area (Å²) in [5.74, 6) is 1.93. The summed E-state index contributed by atoms with van der Waals surface area (Å²) in [4.78, 5) is 79.4. The van der Waals surface area contributed by atoms with Gasteiger partial charge < -0.3 is 60.2 Å². The van der Waals surface area contributed by atoms with E-state index in [1.54, 1.807) is 24.8 Å². The minimum absolute atomic E-state index is 0.291. The van der Waals surface area contributed by atoms with Crippen molar-refractivity contribution in [2.45, 2.75) is 240 Å². The van der Waals surface area contributed by atoms with E-state index in [1.165, 1.54) is 128 Å². The van der Waals surface area contributed by atoms with Crippen LogP contribution in [0.3, 0.4) is 0 Å². The number of hydrogen-bond acceptors (Lipinski definition) is 16. The number of H-pyrrole nitrogens is 4. The van der Waals surface area contributed by atoms with E-state index < -0.39 is 0 Å². The van der Waals surface area contributed by atoms with Gasteiger partial charge in [-0.25, -0.2) is 39.1 Å². The first-order valence-corrected chi connectivity index (χ1v) is 37.0. The number of esters is 4. The number of aromatic nitrogens is 8. The summed E-state index contributed by atoms with van der Waals surface area (Å²) in [5.41, 5.74) is 8.78. The number of nitrogens with zero attached hydrogens (tertiary/aromatic N) is 4. The van der Waals surface area contributed by atoms with Gasteiger partial charge in [-0.05, 0) is 126 Å². The van der Waals surface area contributed by atoms with E-state index >= 15 is 0 Å². The van der Waals surface area contributed by atoms with Gasteiger partial charge in [-0.3, -0.25) is 0 Å². The predicted octanol–water partition coefficient (Wildman–Crippen LogP) is 18.4. The topological polar surface area (TPSA) is 268 Å². The Kier molecular flexibility index (Phi) is 28.3. The van der Waals surface area contributed by atoms with Crippen molar-refractivity contribution in [3.8, 4) is 0 Å². The maximum atomic E-state index is 12.5. The highest BCUT2D eigenvalue weighted by Gasteiger charge is 2.30. The molecule has 4 fully saturated rings. The van der Waals surface area contributed by atoms with Crippen LogP contribution < -0.4 is 21.3 Å². The van der Waals surface area contributed by atoms with Gasteiger partial charge in [0.2, 0.25) is 0 Å². The zero-order valence-electron chi connectivity index (χ0n) is 59.1. The van der Waals surface area contributed by atoms with Gasteiger partial charge in [0.1, 0.15) is 44.8 Å². The highest BCUT2D eigenvalue weighted by atomic mass is 16.5. The van der Waals surface area contributed by atoms with E-state index in [4.69, 9.17) is 18.9 Å². The number of ether oxygens (including phenoxy) is 4. The van der Waals surface area contributed by atoms with Crippen molar-refractivity contribution < 1.29 is 38.1 Å². The van der Waals surface area contributed by atoms with Crippen molar-refractivity contribution in [3.63, 3.8) is 0 Å². The molecule has 526 valence electrons. The standard InChI is InChI=1S/C20H29N3O2.3C19H27N3O2/c1-3-6-14-7-5-8-15(12-14)23-18-16-9-10-21-19(16)22-13-17(18)20(24)25-11-4-2;3*1-3-6-13-7-5-8-14(11-13)22-17-15-9-10-20-18(15)21-12-16(17)19(23)24-4-2/h9-10,13-15H,3-8,11-12H2,1-2H3,(H2,21,22,23);3*9-10,12-14H,3-8,11H2,1-2H3,(H2,20,21,22)/t14-,15+;13-,14+;2*13-,14-/m1010/s1. The summed E-state index contributed by atoms with van der Waals surface area (Å²) >= 11 is 0. The molecule has 0 aromatic carbocycles. The molecule has 8 N–H and O–H groups in total. The number of carbonyl (C=O) groups is 4. The monoisotopic (exact) mass is 1330 g/mol. The second kappa shape index (κ2) is 37.5. The van der Waals surface area contributed by atoms with Gasteiger partial charge in [-0.15, -0.1) is 0 Å². The van der Waals surface area contributed by atoms with Crippen molar-refractivity contribution in [1.82, 2.24) is 39.9 Å². The van der Waals surface area contributed by atoms with Crippen LogP contribution in [0.5, 0.6) is 0 Å². The highest BCUT2D eigenvalue weighted by Crippen LogP contribution is 2.38.